The van der Waals surface area contributed by atoms with Crippen LogP contribution in [0.25, 0.3) is 0 Å². The average Bonchev–Trinajstić information content (AvgIpc) is 2.60. The number of rotatable bonds is 5. The molecule has 1 aliphatic heterocycles. The fraction of sp³-hybridized carbons (Fsp3) is 0.278. The van der Waals surface area contributed by atoms with Gasteiger partial charge in [0, 0.05) is 18.5 Å². The highest BCUT2D eigenvalue weighted by Crippen LogP contribution is 2.36. The van der Waals surface area contributed by atoms with Crippen molar-refractivity contribution in [2.75, 3.05) is 7.11 Å². The van der Waals surface area contributed by atoms with E-state index in [-0.39, 0.29) is 0 Å². The van der Waals surface area contributed by atoms with Crippen molar-refractivity contribution < 1.29 is 24.1 Å². The SMILES string of the molecule is COc1ccc2c(c1OCc1ccccc1)C[C@H](OC(=O)O)NC2. The van der Waals surface area contributed by atoms with E-state index in [1.807, 2.05) is 42.5 Å². The van der Waals surface area contributed by atoms with Gasteiger partial charge in [0.1, 0.15) is 6.61 Å². The molecule has 2 aromatic carbocycles. The quantitative estimate of drug-likeness (QED) is 0.821. The first-order valence-corrected chi connectivity index (χ1v) is 7.66. The minimum atomic E-state index is -1.30. The second kappa shape index (κ2) is 7.23. The summed E-state index contributed by atoms with van der Waals surface area (Å²) < 4.78 is 16.3. The van der Waals surface area contributed by atoms with Crippen LogP contribution in [-0.2, 0) is 24.3 Å². The van der Waals surface area contributed by atoms with Gasteiger partial charge in [-0.1, -0.05) is 36.4 Å². The molecule has 0 fully saturated rings. The topological polar surface area (TPSA) is 77.0 Å². The Morgan fingerprint density at radius 1 is 1.25 bits per heavy atom. The fourth-order valence-electron chi connectivity index (χ4n) is 2.77. The first kappa shape index (κ1) is 16.1. The van der Waals surface area contributed by atoms with Crippen LogP contribution in [0.2, 0.25) is 0 Å². The summed E-state index contributed by atoms with van der Waals surface area (Å²) in [5.74, 6) is 1.26. The lowest BCUT2D eigenvalue weighted by Crippen LogP contribution is -2.39. The maximum Gasteiger partial charge on any atom is 0.507 e. The molecular formula is C18H19NO5. The number of methoxy groups -OCH3 is 1. The van der Waals surface area contributed by atoms with E-state index in [1.54, 1.807) is 7.11 Å². The van der Waals surface area contributed by atoms with E-state index in [0.29, 0.717) is 31.1 Å². The molecule has 3 rings (SSSR count). The summed E-state index contributed by atoms with van der Waals surface area (Å²) in [7, 11) is 1.59. The van der Waals surface area contributed by atoms with E-state index < -0.39 is 12.4 Å². The smallest absolute Gasteiger partial charge is 0.493 e. The van der Waals surface area contributed by atoms with E-state index in [4.69, 9.17) is 19.3 Å². The van der Waals surface area contributed by atoms with Crippen LogP contribution in [0.3, 0.4) is 0 Å². The van der Waals surface area contributed by atoms with E-state index >= 15 is 0 Å². The Morgan fingerprint density at radius 3 is 2.75 bits per heavy atom. The molecule has 24 heavy (non-hydrogen) atoms. The molecule has 0 aliphatic carbocycles. The third-order valence-corrected chi connectivity index (χ3v) is 3.92. The molecule has 1 heterocycles. The zero-order valence-corrected chi connectivity index (χ0v) is 13.3. The second-order valence-corrected chi connectivity index (χ2v) is 5.47. The summed E-state index contributed by atoms with van der Waals surface area (Å²) in [4.78, 5) is 10.8. The summed E-state index contributed by atoms with van der Waals surface area (Å²) in [5, 5.41) is 11.9. The standard InChI is InChI=1S/C18H19NO5/c1-22-15-8-7-13-10-19-16(24-18(20)21)9-14(13)17(15)23-11-12-5-3-2-4-6-12/h2-8,16,19H,9-11H2,1H3,(H,20,21)/t16-/m0/s1. The molecule has 0 unspecified atom stereocenters. The highest BCUT2D eigenvalue weighted by Gasteiger charge is 2.26. The number of hydrogen-bond acceptors (Lipinski definition) is 5. The maximum atomic E-state index is 10.8. The zero-order chi connectivity index (χ0) is 16.9. The van der Waals surface area contributed by atoms with Gasteiger partial charge in [-0.15, -0.1) is 0 Å². The Balaban J connectivity index is 1.85. The monoisotopic (exact) mass is 329 g/mol. The highest BCUT2D eigenvalue weighted by atomic mass is 16.7. The van der Waals surface area contributed by atoms with Crippen molar-refractivity contribution in [1.82, 2.24) is 5.32 Å². The van der Waals surface area contributed by atoms with Crippen molar-refractivity contribution in [1.29, 1.82) is 0 Å². The number of fused-ring (bicyclic) bond motifs is 1. The molecule has 6 heteroatoms. The zero-order valence-electron chi connectivity index (χ0n) is 13.3. The van der Waals surface area contributed by atoms with Gasteiger partial charge in [-0.2, -0.15) is 0 Å². The van der Waals surface area contributed by atoms with Crippen LogP contribution in [-0.4, -0.2) is 24.6 Å². The van der Waals surface area contributed by atoms with Crippen LogP contribution in [0, 0.1) is 0 Å². The molecule has 2 N–H and O–H groups in total. The summed E-state index contributed by atoms with van der Waals surface area (Å²) in [6, 6.07) is 13.6. The number of benzene rings is 2. The van der Waals surface area contributed by atoms with Crippen molar-refractivity contribution in [3.05, 3.63) is 59.2 Å². The van der Waals surface area contributed by atoms with Gasteiger partial charge in [0.15, 0.2) is 17.7 Å². The van der Waals surface area contributed by atoms with E-state index in [9.17, 15) is 4.79 Å². The molecule has 0 saturated carbocycles. The summed E-state index contributed by atoms with van der Waals surface area (Å²) in [5.41, 5.74) is 3.00. The predicted molar refractivity (Wildman–Crippen MR) is 87.2 cm³/mol. The predicted octanol–water partition coefficient (Wildman–Crippen LogP) is 2.94. The first-order chi connectivity index (χ1) is 11.7. The Bertz CT molecular complexity index is 717. The fourth-order valence-corrected chi connectivity index (χ4v) is 2.77. The molecule has 6 nitrogen and oxygen atoms in total. The summed E-state index contributed by atoms with van der Waals surface area (Å²) >= 11 is 0. The minimum absolute atomic E-state index is 0.392. The van der Waals surface area contributed by atoms with Crippen LogP contribution in [0.4, 0.5) is 4.79 Å². The normalized spacial score (nSPS) is 16.1. The average molecular weight is 329 g/mol. The molecular weight excluding hydrogens is 310 g/mol. The number of carboxylic acid groups (broad SMARTS) is 1. The Morgan fingerprint density at radius 2 is 2.04 bits per heavy atom. The molecule has 0 radical (unpaired) electrons. The van der Waals surface area contributed by atoms with Crippen LogP contribution in [0.15, 0.2) is 42.5 Å². The molecule has 0 saturated heterocycles. The van der Waals surface area contributed by atoms with Gasteiger partial charge >= 0.3 is 6.16 Å². The van der Waals surface area contributed by atoms with Gasteiger partial charge < -0.3 is 19.3 Å². The molecule has 2 aromatic rings. The van der Waals surface area contributed by atoms with Crippen molar-refractivity contribution in [2.45, 2.75) is 25.8 Å². The molecule has 1 aliphatic rings. The molecule has 1 atom stereocenters. The first-order valence-electron chi connectivity index (χ1n) is 7.66. The van der Waals surface area contributed by atoms with E-state index in [1.165, 1.54) is 0 Å². The summed E-state index contributed by atoms with van der Waals surface area (Å²) in [6.07, 6.45) is -1.50. The third-order valence-electron chi connectivity index (χ3n) is 3.92. The molecule has 0 bridgehead atoms. The van der Waals surface area contributed by atoms with Gasteiger partial charge in [-0.25, -0.2) is 4.79 Å². The van der Waals surface area contributed by atoms with Gasteiger partial charge in [0.25, 0.3) is 0 Å². The van der Waals surface area contributed by atoms with E-state index in [2.05, 4.69) is 5.32 Å². The minimum Gasteiger partial charge on any atom is -0.493 e. The number of nitrogens with one attached hydrogen (secondary N) is 1. The van der Waals surface area contributed by atoms with Gasteiger partial charge in [0.05, 0.1) is 7.11 Å². The molecule has 0 amide bonds. The van der Waals surface area contributed by atoms with Crippen LogP contribution < -0.4 is 14.8 Å². The van der Waals surface area contributed by atoms with Crippen LogP contribution in [0.5, 0.6) is 11.5 Å². The Labute approximate surface area is 140 Å². The lowest BCUT2D eigenvalue weighted by molar-refractivity contribution is 0.0326. The maximum absolute atomic E-state index is 10.8. The van der Waals surface area contributed by atoms with Crippen molar-refractivity contribution in [3.63, 3.8) is 0 Å². The van der Waals surface area contributed by atoms with Crippen molar-refractivity contribution in [3.8, 4) is 11.5 Å². The Hall–Kier alpha value is -2.73. The number of hydrogen-bond donors (Lipinski definition) is 2. The molecule has 0 spiro atoms. The number of ether oxygens (including phenoxy) is 3. The van der Waals surface area contributed by atoms with Gasteiger partial charge in [-0.3, -0.25) is 5.32 Å². The highest BCUT2D eigenvalue weighted by molar-refractivity contribution is 5.57. The lowest BCUT2D eigenvalue weighted by atomic mass is 9.98. The van der Waals surface area contributed by atoms with E-state index in [0.717, 1.165) is 16.7 Å². The van der Waals surface area contributed by atoms with Crippen molar-refractivity contribution >= 4 is 6.16 Å². The van der Waals surface area contributed by atoms with Gasteiger partial charge in [0.2, 0.25) is 0 Å². The van der Waals surface area contributed by atoms with Crippen molar-refractivity contribution in [2.24, 2.45) is 0 Å². The largest absolute Gasteiger partial charge is 0.507 e. The van der Waals surface area contributed by atoms with Gasteiger partial charge in [-0.05, 0) is 17.2 Å². The summed E-state index contributed by atoms with van der Waals surface area (Å²) in [6.45, 7) is 0.921. The van der Waals surface area contributed by atoms with Crippen LogP contribution >= 0.6 is 0 Å². The number of carbonyl (C=O) groups is 1. The Kier molecular flexibility index (Phi) is 4.86. The van der Waals surface area contributed by atoms with Crippen LogP contribution in [0.1, 0.15) is 16.7 Å². The lowest BCUT2D eigenvalue weighted by Gasteiger charge is -2.27. The second-order valence-electron chi connectivity index (χ2n) is 5.47. The molecule has 126 valence electrons. The third kappa shape index (κ3) is 3.60. The molecule has 0 aromatic heterocycles.